The fourth-order valence-electron chi connectivity index (χ4n) is 1.61. The number of ether oxygens (including phenoxy) is 1. The van der Waals surface area contributed by atoms with Crippen LogP contribution in [0.3, 0.4) is 0 Å². The molecule has 88 valence electrons. The fourth-order valence-corrected chi connectivity index (χ4v) is 1.79. The van der Waals surface area contributed by atoms with Crippen molar-refractivity contribution in [2.75, 3.05) is 0 Å². The van der Waals surface area contributed by atoms with Gasteiger partial charge in [0.2, 0.25) is 0 Å². The van der Waals surface area contributed by atoms with Crippen LogP contribution in [0.2, 0.25) is 5.02 Å². The third-order valence-corrected chi connectivity index (χ3v) is 2.73. The summed E-state index contributed by atoms with van der Waals surface area (Å²) >= 11 is 5.90. The van der Waals surface area contributed by atoms with E-state index in [9.17, 15) is 0 Å². The average Bonchev–Trinajstić information content (AvgIpc) is 2.32. The molecule has 0 atom stereocenters. The van der Waals surface area contributed by atoms with Gasteiger partial charge >= 0.3 is 0 Å². The number of halogens is 1. The number of benzene rings is 2. The highest BCUT2D eigenvalue weighted by molar-refractivity contribution is 6.30. The molecule has 2 nitrogen and oxygen atoms in total. The largest absolute Gasteiger partial charge is 0.457 e. The molecule has 17 heavy (non-hydrogen) atoms. The topological polar surface area (TPSA) is 35.2 Å². The van der Waals surface area contributed by atoms with Crippen LogP contribution in [-0.2, 0) is 6.54 Å². The number of aryl methyl sites for hydroxylation is 1. The first-order chi connectivity index (χ1) is 8.19. The van der Waals surface area contributed by atoms with Crippen LogP contribution in [-0.4, -0.2) is 0 Å². The average molecular weight is 248 g/mol. The fraction of sp³-hybridized carbons (Fsp3) is 0.143. The molecule has 2 aromatic carbocycles. The van der Waals surface area contributed by atoms with E-state index in [1.807, 2.05) is 43.3 Å². The Hall–Kier alpha value is -1.51. The molecule has 0 radical (unpaired) electrons. The Morgan fingerprint density at radius 1 is 1.18 bits per heavy atom. The zero-order chi connectivity index (χ0) is 12.3. The number of rotatable bonds is 3. The Balaban J connectivity index is 2.24. The van der Waals surface area contributed by atoms with Crippen molar-refractivity contribution in [1.82, 2.24) is 0 Å². The van der Waals surface area contributed by atoms with Gasteiger partial charge in [0.1, 0.15) is 11.5 Å². The van der Waals surface area contributed by atoms with Crippen LogP contribution in [0.1, 0.15) is 11.1 Å². The molecule has 0 heterocycles. The Morgan fingerprint density at radius 2 is 2.00 bits per heavy atom. The van der Waals surface area contributed by atoms with Crippen LogP contribution in [0.15, 0.2) is 42.5 Å². The van der Waals surface area contributed by atoms with Crippen LogP contribution in [0.5, 0.6) is 11.5 Å². The van der Waals surface area contributed by atoms with Gasteiger partial charge in [-0.1, -0.05) is 29.8 Å². The van der Waals surface area contributed by atoms with Crippen LogP contribution in [0, 0.1) is 6.92 Å². The number of hydrogen-bond acceptors (Lipinski definition) is 2. The van der Waals surface area contributed by atoms with E-state index < -0.39 is 0 Å². The van der Waals surface area contributed by atoms with E-state index in [0.717, 1.165) is 22.6 Å². The van der Waals surface area contributed by atoms with E-state index in [0.29, 0.717) is 11.6 Å². The molecular formula is C14H14ClNO. The van der Waals surface area contributed by atoms with Crippen LogP contribution in [0.4, 0.5) is 0 Å². The van der Waals surface area contributed by atoms with Crippen molar-refractivity contribution < 1.29 is 4.74 Å². The first-order valence-corrected chi connectivity index (χ1v) is 5.80. The minimum Gasteiger partial charge on any atom is -0.457 e. The summed E-state index contributed by atoms with van der Waals surface area (Å²) in [5, 5.41) is 0.665. The predicted molar refractivity (Wildman–Crippen MR) is 70.6 cm³/mol. The van der Waals surface area contributed by atoms with Gasteiger partial charge in [0.25, 0.3) is 0 Å². The van der Waals surface area contributed by atoms with Gasteiger partial charge in [-0.25, -0.2) is 0 Å². The van der Waals surface area contributed by atoms with Crippen molar-refractivity contribution in [3.05, 3.63) is 58.6 Å². The van der Waals surface area contributed by atoms with Gasteiger partial charge in [-0.15, -0.1) is 0 Å². The van der Waals surface area contributed by atoms with E-state index in [1.165, 1.54) is 0 Å². The summed E-state index contributed by atoms with van der Waals surface area (Å²) in [6, 6.07) is 13.3. The van der Waals surface area contributed by atoms with Gasteiger partial charge in [-0.3, -0.25) is 0 Å². The molecule has 0 bridgehead atoms. The lowest BCUT2D eigenvalue weighted by Gasteiger charge is -2.10. The zero-order valence-electron chi connectivity index (χ0n) is 9.61. The number of nitrogens with two attached hydrogens (primary N) is 1. The second kappa shape index (κ2) is 5.21. The molecule has 0 amide bonds. The summed E-state index contributed by atoms with van der Waals surface area (Å²) < 4.78 is 5.76. The van der Waals surface area contributed by atoms with E-state index in [2.05, 4.69) is 0 Å². The Morgan fingerprint density at radius 3 is 2.65 bits per heavy atom. The summed E-state index contributed by atoms with van der Waals surface area (Å²) in [5.74, 6) is 1.56. The van der Waals surface area contributed by atoms with Gasteiger partial charge in [0.15, 0.2) is 0 Å². The summed E-state index contributed by atoms with van der Waals surface area (Å²) in [5.41, 5.74) is 7.74. The normalized spacial score (nSPS) is 10.3. The smallest absolute Gasteiger partial charge is 0.130 e. The van der Waals surface area contributed by atoms with Crippen molar-refractivity contribution in [1.29, 1.82) is 0 Å². The minimum atomic E-state index is 0.540. The van der Waals surface area contributed by atoms with Crippen LogP contribution in [0.25, 0.3) is 0 Å². The van der Waals surface area contributed by atoms with Gasteiger partial charge < -0.3 is 10.5 Å². The minimum absolute atomic E-state index is 0.540. The molecule has 0 fully saturated rings. The zero-order valence-corrected chi connectivity index (χ0v) is 10.4. The van der Waals surface area contributed by atoms with Crippen molar-refractivity contribution in [3.8, 4) is 11.5 Å². The van der Waals surface area contributed by atoms with Crippen molar-refractivity contribution >= 4 is 11.6 Å². The molecule has 0 aromatic heterocycles. The maximum absolute atomic E-state index is 5.90. The van der Waals surface area contributed by atoms with Crippen molar-refractivity contribution in [2.24, 2.45) is 5.73 Å². The van der Waals surface area contributed by atoms with Gasteiger partial charge in [0, 0.05) is 11.6 Å². The van der Waals surface area contributed by atoms with Gasteiger partial charge in [-0.05, 0) is 42.3 Å². The monoisotopic (exact) mass is 247 g/mol. The molecule has 2 aromatic rings. The highest BCUT2D eigenvalue weighted by atomic mass is 35.5. The standard InChI is InChI=1S/C14H14ClNO/c1-10-7-11(9-16)5-6-14(10)17-13-4-2-3-12(15)8-13/h2-8H,9,16H2,1H3. The molecule has 0 saturated carbocycles. The lowest BCUT2D eigenvalue weighted by Crippen LogP contribution is -1.97. The maximum atomic E-state index is 5.90. The molecule has 0 unspecified atom stereocenters. The Kier molecular flexibility index (Phi) is 3.67. The highest BCUT2D eigenvalue weighted by Gasteiger charge is 2.02. The second-order valence-electron chi connectivity index (χ2n) is 3.86. The van der Waals surface area contributed by atoms with E-state index in [-0.39, 0.29) is 0 Å². The van der Waals surface area contributed by atoms with Gasteiger partial charge in [-0.2, -0.15) is 0 Å². The summed E-state index contributed by atoms with van der Waals surface area (Å²) in [6.07, 6.45) is 0. The number of hydrogen-bond donors (Lipinski definition) is 1. The molecule has 0 aliphatic carbocycles. The lowest BCUT2D eigenvalue weighted by atomic mass is 10.1. The molecule has 3 heteroatoms. The van der Waals surface area contributed by atoms with Crippen molar-refractivity contribution in [2.45, 2.75) is 13.5 Å². The third-order valence-electron chi connectivity index (χ3n) is 2.50. The highest BCUT2D eigenvalue weighted by Crippen LogP contribution is 2.27. The molecule has 0 aliphatic heterocycles. The molecule has 0 saturated heterocycles. The summed E-state index contributed by atoms with van der Waals surface area (Å²) in [6.45, 7) is 2.54. The van der Waals surface area contributed by atoms with Gasteiger partial charge in [0.05, 0.1) is 0 Å². The van der Waals surface area contributed by atoms with E-state index in [4.69, 9.17) is 22.1 Å². The Bertz CT molecular complexity index is 525. The second-order valence-corrected chi connectivity index (χ2v) is 4.30. The maximum Gasteiger partial charge on any atom is 0.130 e. The summed E-state index contributed by atoms with van der Waals surface area (Å²) in [7, 11) is 0. The third kappa shape index (κ3) is 2.99. The SMILES string of the molecule is Cc1cc(CN)ccc1Oc1cccc(Cl)c1. The molecule has 0 spiro atoms. The van der Waals surface area contributed by atoms with E-state index in [1.54, 1.807) is 6.07 Å². The first-order valence-electron chi connectivity index (χ1n) is 5.42. The molecule has 2 N–H and O–H groups in total. The van der Waals surface area contributed by atoms with Crippen LogP contribution < -0.4 is 10.5 Å². The quantitative estimate of drug-likeness (QED) is 0.893. The Labute approximate surface area is 106 Å². The lowest BCUT2D eigenvalue weighted by molar-refractivity contribution is 0.478. The molecule has 2 rings (SSSR count). The van der Waals surface area contributed by atoms with E-state index >= 15 is 0 Å². The molecule has 0 aliphatic rings. The van der Waals surface area contributed by atoms with Crippen molar-refractivity contribution in [3.63, 3.8) is 0 Å². The first kappa shape index (κ1) is 12.0. The van der Waals surface area contributed by atoms with Crippen LogP contribution >= 0.6 is 11.6 Å². The summed E-state index contributed by atoms with van der Waals surface area (Å²) in [4.78, 5) is 0. The molecular weight excluding hydrogens is 234 g/mol. The predicted octanol–water partition coefficient (Wildman–Crippen LogP) is 3.90.